The van der Waals surface area contributed by atoms with Crippen LogP contribution in [0.1, 0.15) is 25.0 Å². The Bertz CT molecular complexity index is 596. The van der Waals surface area contributed by atoms with Crippen LogP contribution in [0.3, 0.4) is 0 Å². The first kappa shape index (κ1) is 16.3. The first-order valence-electron chi connectivity index (χ1n) is 6.98. The molecule has 0 aliphatic rings. The second-order valence-electron chi connectivity index (χ2n) is 5.48. The first-order valence-corrected chi connectivity index (χ1v) is 8.15. The molecule has 112 valence electrons. The third kappa shape index (κ3) is 4.73. The normalized spacial score (nSPS) is 11.3. The number of anilines is 1. The zero-order chi connectivity index (χ0) is 15.4. The summed E-state index contributed by atoms with van der Waals surface area (Å²) in [7, 11) is 0. The molecule has 0 radical (unpaired) electrons. The summed E-state index contributed by atoms with van der Waals surface area (Å²) in [6.07, 6.45) is 0. The van der Waals surface area contributed by atoms with Crippen molar-refractivity contribution in [2.45, 2.75) is 33.0 Å². The molecule has 0 bridgehead atoms. The van der Waals surface area contributed by atoms with Crippen LogP contribution < -0.4 is 5.73 Å². The summed E-state index contributed by atoms with van der Waals surface area (Å²) in [4.78, 5) is 2.39. The van der Waals surface area contributed by atoms with E-state index in [2.05, 4.69) is 52.9 Å². The lowest BCUT2D eigenvalue weighted by molar-refractivity contribution is 0.204. The van der Waals surface area contributed by atoms with Crippen LogP contribution in [0.5, 0.6) is 0 Å². The number of halogens is 2. The van der Waals surface area contributed by atoms with Crippen molar-refractivity contribution in [3.63, 3.8) is 0 Å². The Labute approximate surface area is 140 Å². The van der Waals surface area contributed by atoms with E-state index < -0.39 is 0 Å². The van der Waals surface area contributed by atoms with Crippen LogP contribution in [0.4, 0.5) is 5.69 Å². The number of hydrogen-bond acceptors (Lipinski definition) is 2. The van der Waals surface area contributed by atoms with Crippen molar-refractivity contribution in [2.24, 2.45) is 0 Å². The number of benzene rings is 2. The number of nitrogens with zero attached hydrogens (tertiary/aromatic N) is 1. The molecule has 4 heteroatoms. The fourth-order valence-electron chi connectivity index (χ4n) is 2.15. The molecule has 0 unspecified atom stereocenters. The van der Waals surface area contributed by atoms with Gasteiger partial charge in [0.25, 0.3) is 0 Å². The van der Waals surface area contributed by atoms with Crippen molar-refractivity contribution in [1.82, 2.24) is 4.90 Å². The molecule has 0 aromatic heterocycles. The van der Waals surface area contributed by atoms with E-state index >= 15 is 0 Å². The van der Waals surface area contributed by atoms with Crippen LogP contribution in [-0.2, 0) is 13.1 Å². The maximum Gasteiger partial charge on any atom is 0.0462 e. The number of rotatable bonds is 5. The predicted octanol–water partition coefficient (Wildman–Crippen LogP) is 5.10. The summed E-state index contributed by atoms with van der Waals surface area (Å²) in [5, 5.41) is 0.798. The maximum absolute atomic E-state index is 6.33. The minimum absolute atomic E-state index is 0.433. The molecule has 0 amide bonds. The lowest BCUT2D eigenvalue weighted by Gasteiger charge is -2.27. The van der Waals surface area contributed by atoms with E-state index in [0.717, 1.165) is 33.8 Å². The van der Waals surface area contributed by atoms with E-state index in [-0.39, 0.29) is 0 Å². The van der Waals surface area contributed by atoms with E-state index in [1.165, 1.54) is 5.56 Å². The van der Waals surface area contributed by atoms with Gasteiger partial charge in [-0.1, -0.05) is 45.7 Å². The number of nitrogen functional groups attached to an aromatic ring is 1. The lowest BCUT2D eigenvalue weighted by Crippen LogP contribution is -2.29. The van der Waals surface area contributed by atoms with Crippen LogP contribution in [0, 0.1) is 0 Å². The quantitative estimate of drug-likeness (QED) is 0.745. The zero-order valence-electron chi connectivity index (χ0n) is 12.3. The Morgan fingerprint density at radius 3 is 2.33 bits per heavy atom. The second-order valence-corrected chi connectivity index (χ2v) is 6.80. The van der Waals surface area contributed by atoms with Crippen molar-refractivity contribution < 1.29 is 0 Å². The predicted molar refractivity (Wildman–Crippen MR) is 94.4 cm³/mol. The summed E-state index contributed by atoms with van der Waals surface area (Å²) in [6, 6.07) is 14.5. The van der Waals surface area contributed by atoms with Gasteiger partial charge in [-0.25, -0.2) is 0 Å². The van der Waals surface area contributed by atoms with Gasteiger partial charge in [-0.3, -0.25) is 4.90 Å². The highest BCUT2D eigenvalue weighted by atomic mass is 79.9. The van der Waals surface area contributed by atoms with Gasteiger partial charge < -0.3 is 5.73 Å². The molecular weight excluding hydrogens is 348 g/mol. The van der Waals surface area contributed by atoms with Crippen molar-refractivity contribution >= 4 is 33.2 Å². The highest BCUT2D eigenvalue weighted by molar-refractivity contribution is 9.10. The fourth-order valence-corrected chi connectivity index (χ4v) is 2.88. The van der Waals surface area contributed by atoms with Gasteiger partial charge in [0, 0.05) is 34.3 Å². The second kappa shape index (κ2) is 7.30. The highest BCUT2D eigenvalue weighted by Crippen LogP contribution is 2.24. The Balaban J connectivity index is 2.13. The third-order valence-corrected chi connectivity index (χ3v) is 4.33. The molecule has 2 rings (SSSR count). The maximum atomic E-state index is 6.33. The summed E-state index contributed by atoms with van der Waals surface area (Å²) in [5.41, 5.74) is 8.93. The first-order chi connectivity index (χ1) is 9.95. The van der Waals surface area contributed by atoms with Crippen LogP contribution in [0.15, 0.2) is 46.9 Å². The van der Waals surface area contributed by atoms with Gasteiger partial charge >= 0.3 is 0 Å². The van der Waals surface area contributed by atoms with Gasteiger partial charge in [0.2, 0.25) is 0 Å². The SMILES string of the molecule is CC(C)N(Cc1ccc(N)cc1)Cc1ccc(Br)cc1Cl. The summed E-state index contributed by atoms with van der Waals surface area (Å²) in [5.74, 6) is 0. The van der Waals surface area contributed by atoms with Gasteiger partial charge in [-0.2, -0.15) is 0 Å². The molecule has 0 spiro atoms. The molecule has 2 N–H and O–H groups in total. The van der Waals surface area contributed by atoms with E-state index in [4.69, 9.17) is 17.3 Å². The zero-order valence-corrected chi connectivity index (χ0v) is 14.7. The fraction of sp³-hybridized carbons (Fsp3) is 0.294. The molecular formula is C17H20BrClN2. The van der Waals surface area contributed by atoms with Crippen molar-refractivity contribution in [3.8, 4) is 0 Å². The van der Waals surface area contributed by atoms with Crippen LogP contribution in [-0.4, -0.2) is 10.9 Å². The molecule has 0 aliphatic heterocycles. The van der Waals surface area contributed by atoms with E-state index in [0.29, 0.717) is 6.04 Å². The Morgan fingerprint density at radius 1 is 1.10 bits per heavy atom. The third-order valence-electron chi connectivity index (χ3n) is 3.48. The van der Waals surface area contributed by atoms with E-state index in [9.17, 15) is 0 Å². The van der Waals surface area contributed by atoms with Gasteiger partial charge in [0.05, 0.1) is 0 Å². The average Bonchev–Trinajstić information content (AvgIpc) is 2.43. The smallest absolute Gasteiger partial charge is 0.0462 e. The number of nitrogens with two attached hydrogens (primary N) is 1. The van der Waals surface area contributed by atoms with Gasteiger partial charge in [-0.05, 0) is 49.2 Å². The molecule has 0 aliphatic carbocycles. The van der Waals surface area contributed by atoms with Gasteiger partial charge in [0.1, 0.15) is 0 Å². The lowest BCUT2D eigenvalue weighted by atomic mass is 10.1. The van der Waals surface area contributed by atoms with Gasteiger partial charge in [-0.15, -0.1) is 0 Å². The Hall–Kier alpha value is -1.03. The molecule has 2 aromatic carbocycles. The van der Waals surface area contributed by atoms with Gasteiger partial charge in [0.15, 0.2) is 0 Å². The minimum Gasteiger partial charge on any atom is -0.399 e. The summed E-state index contributed by atoms with van der Waals surface area (Å²) in [6.45, 7) is 6.10. The Morgan fingerprint density at radius 2 is 1.76 bits per heavy atom. The number of hydrogen-bond donors (Lipinski definition) is 1. The molecule has 2 nitrogen and oxygen atoms in total. The molecule has 0 fully saturated rings. The Kier molecular flexibility index (Phi) is 5.68. The molecule has 21 heavy (non-hydrogen) atoms. The summed E-state index contributed by atoms with van der Waals surface area (Å²) >= 11 is 9.77. The van der Waals surface area contributed by atoms with Crippen LogP contribution >= 0.6 is 27.5 Å². The topological polar surface area (TPSA) is 29.3 Å². The van der Waals surface area contributed by atoms with Crippen LogP contribution in [0.2, 0.25) is 5.02 Å². The van der Waals surface area contributed by atoms with Crippen molar-refractivity contribution in [2.75, 3.05) is 5.73 Å². The molecule has 0 saturated carbocycles. The minimum atomic E-state index is 0.433. The largest absolute Gasteiger partial charge is 0.399 e. The van der Waals surface area contributed by atoms with Crippen molar-refractivity contribution in [3.05, 3.63) is 63.1 Å². The van der Waals surface area contributed by atoms with Crippen LogP contribution in [0.25, 0.3) is 0 Å². The van der Waals surface area contributed by atoms with E-state index in [1.807, 2.05) is 24.3 Å². The molecule has 0 atom stereocenters. The molecule has 0 heterocycles. The molecule has 2 aromatic rings. The average molecular weight is 368 g/mol. The standard InChI is InChI=1S/C17H20BrClN2/c1-12(2)21(10-13-3-7-16(20)8-4-13)11-14-5-6-15(18)9-17(14)19/h3-9,12H,10-11,20H2,1-2H3. The van der Waals surface area contributed by atoms with Crippen molar-refractivity contribution in [1.29, 1.82) is 0 Å². The molecule has 0 saturated heterocycles. The monoisotopic (exact) mass is 366 g/mol. The highest BCUT2D eigenvalue weighted by Gasteiger charge is 2.13. The summed E-state index contributed by atoms with van der Waals surface area (Å²) < 4.78 is 1.01. The van der Waals surface area contributed by atoms with E-state index in [1.54, 1.807) is 0 Å².